The molecule has 0 aliphatic heterocycles. The van der Waals surface area contributed by atoms with Crippen LogP contribution in [0.1, 0.15) is 9.30 Å². The predicted octanol–water partition coefficient (Wildman–Crippen LogP) is 5.92. The van der Waals surface area contributed by atoms with E-state index in [0.717, 1.165) is 10.7 Å². The molecule has 0 radical (unpaired) electrons. The van der Waals surface area contributed by atoms with Gasteiger partial charge in [0.2, 0.25) is 5.88 Å². The van der Waals surface area contributed by atoms with Gasteiger partial charge in [0.1, 0.15) is 16.5 Å². The number of aromatic nitrogens is 2. The Morgan fingerprint density at radius 1 is 1.27 bits per heavy atom. The highest BCUT2D eigenvalue weighted by molar-refractivity contribution is 9.24. The number of alkyl halides is 4. The molecule has 1 heterocycles. The number of hydrogen-bond acceptors (Lipinski definition) is 2. The van der Waals surface area contributed by atoms with Crippen molar-refractivity contribution in [3.05, 3.63) is 33.6 Å². The zero-order valence-corrected chi connectivity index (χ0v) is 15.4. The zero-order chi connectivity index (χ0) is 16.6. The first kappa shape index (κ1) is 17.9. The van der Waals surface area contributed by atoms with E-state index in [1.54, 1.807) is 0 Å². The van der Waals surface area contributed by atoms with Crippen LogP contribution in [0.25, 0.3) is 11.3 Å². The monoisotopic (exact) mass is 480 g/mol. The van der Waals surface area contributed by atoms with Crippen molar-refractivity contribution < 1.29 is 17.9 Å². The Bertz CT molecular complexity index is 710. The summed E-state index contributed by atoms with van der Waals surface area (Å²) in [6, 6.07) is 2.52. The summed E-state index contributed by atoms with van der Waals surface area (Å²) in [6.45, 7) is -3.07. The fraction of sp³-hybridized carbons (Fsp3) is 0.250. The van der Waals surface area contributed by atoms with E-state index in [-0.39, 0.29) is 30.9 Å². The standard InChI is InChI=1S/C12H7Br2Cl2F3N2O/c1-21-11(22-12(18)19)8(16)9(20-21)5-2-4(10(13)14)6(15)3-7(5)17/h2-3,10,12H,1H3. The van der Waals surface area contributed by atoms with E-state index in [9.17, 15) is 13.2 Å². The summed E-state index contributed by atoms with van der Waals surface area (Å²) in [5.41, 5.74) is 0.542. The molecule has 22 heavy (non-hydrogen) atoms. The van der Waals surface area contributed by atoms with Gasteiger partial charge in [-0.3, -0.25) is 0 Å². The molecule has 1 aromatic heterocycles. The molecule has 0 saturated heterocycles. The van der Waals surface area contributed by atoms with Gasteiger partial charge in [0.05, 0.1) is 3.74 Å². The molecule has 2 aromatic rings. The van der Waals surface area contributed by atoms with Crippen molar-refractivity contribution >= 4 is 55.1 Å². The van der Waals surface area contributed by atoms with Crippen LogP contribution >= 0.6 is 55.1 Å². The second-order valence-corrected chi connectivity index (χ2v) is 7.97. The number of halogens is 7. The summed E-state index contributed by atoms with van der Waals surface area (Å²) in [5.74, 6) is -1.03. The van der Waals surface area contributed by atoms with Crippen LogP contribution in [-0.4, -0.2) is 16.4 Å². The highest BCUT2D eigenvalue weighted by Gasteiger charge is 2.24. The average molecular weight is 483 g/mol. The van der Waals surface area contributed by atoms with Crippen molar-refractivity contribution in [1.29, 1.82) is 0 Å². The summed E-state index contributed by atoms with van der Waals surface area (Å²) in [5, 5.41) is 3.92. The fourth-order valence-electron chi connectivity index (χ4n) is 1.78. The molecule has 1 aromatic carbocycles. The van der Waals surface area contributed by atoms with Gasteiger partial charge in [0, 0.05) is 17.6 Å². The number of aryl methyl sites for hydroxylation is 1. The minimum absolute atomic E-state index is 0.0177. The third-order valence-electron chi connectivity index (χ3n) is 2.72. The van der Waals surface area contributed by atoms with Crippen LogP contribution in [0.3, 0.4) is 0 Å². The molecular weight excluding hydrogens is 476 g/mol. The number of nitrogens with zero attached hydrogens (tertiary/aromatic N) is 2. The molecule has 0 amide bonds. The fourth-order valence-corrected chi connectivity index (χ4v) is 3.37. The largest absolute Gasteiger partial charge is 0.416 e. The maximum atomic E-state index is 14.2. The van der Waals surface area contributed by atoms with E-state index >= 15 is 0 Å². The first-order valence-electron chi connectivity index (χ1n) is 5.67. The topological polar surface area (TPSA) is 27.1 Å². The van der Waals surface area contributed by atoms with Gasteiger partial charge in [-0.2, -0.15) is 13.9 Å². The van der Waals surface area contributed by atoms with E-state index in [1.807, 2.05) is 0 Å². The number of hydrogen-bond donors (Lipinski definition) is 0. The molecule has 0 aliphatic carbocycles. The SMILES string of the molecule is Cn1nc(-c2cc(C(Br)Br)c(Cl)cc2F)c(Cl)c1OC(F)F. The predicted molar refractivity (Wildman–Crippen MR) is 85.8 cm³/mol. The highest BCUT2D eigenvalue weighted by Crippen LogP contribution is 2.41. The maximum Gasteiger partial charge on any atom is 0.388 e. The zero-order valence-electron chi connectivity index (χ0n) is 10.8. The van der Waals surface area contributed by atoms with E-state index < -0.39 is 12.4 Å². The molecule has 0 unspecified atom stereocenters. The van der Waals surface area contributed by atoms with Crippen molar-refractivity contribution in [2.24, 2.45) is 7.05 Å². The van der Waals surface area contributed by atoms with Gasteiger partial charge in [-0.1, -0.05) is 55.1 Å². The second kappa shape index (κ2) is 6.98. The van der Waals surface area contributed by atoms with Crippen LogP contribution < -0.4 is 4.74 Å². The van der Waals surface area contributed by atoms with E-state index in [1.165, 1.54) is 13.1 Å². The number of rotatable bonds is 4. The highest BCUT2D eigenvalue weighted by atomic mass is 79.9. The van der Waals surface area contributed by atoms with Crippen molar-refractivity contribution in [1.82, 2.24) is 9.78 Å². The molecule has 0 bridgehead atoms. The normalized spacial score (nSPS) is 11.5. The summed E-state index contributed by atoms with van der Waals surface area (Å²) < 4.78 is 43.9. The average Bonchev–Trinajstić information content (AvgIpc) is 2.66. The maximum absolute atomic E-state index is 14.2. The lowest BCUT2D eigenvalue weighted by Gasteiger charge is -2.09. The molecule has 0 saturated carbocycles. The van der Waals surface area contributed by atoms with Crippen molar-refractivity contribution in [3.63, 3.8) is 0 Å². The molecular formula is C12H7Br2Cl2F3N2O. The van der Waals surface area contributed by atoms with Crippen LogP contribution in [0.5, 0.6) is 5.88 Å². The molecule has 0 N–H and O–H groups in total. The summed E-state index contributed by atoms with van der Waals surface area (Å²) in [6.07, 6.45) is 0. The Hall–Kier alpha value is -0.440. The molecule has 2 rings (SSSR count). The molecule has 0 atom stereocenters. The van der Waals surface area contributed by atoms with Gasteiger partial charge in [0.25, 0.3) is 0 Å². The van der Waals surface area contributed by atoms with Gasteiger partial charge in [-0.25, -0.2) is 9.07 Å². The second-order valence-electron chi connectivity index (χ2n) is 4.12. The molecule has 120 valence electrons. The van der Waals surface area contributed by atoms with Crippen molar-refractivity contribution in [3.8, 4) is 17.1 Å². The first-order chi connectivity index (χ1) is 10.2. The minimum Gasteiger partial charge on any atom is -0.416 e. The van der Waals surface area contributed by atoms with Gasteiger partial charge in [-0.05, 0) is 17.7 Å². The number of benzene rings is 1. The summed E-state index contributed by atoms with van der Waals surface area (Å²) >= 11 is 18.5. The molecule has 0 fully saturated rings. The molecule has 0 spiro atoms. The first-order valence-corrected chi connectivity index (χ1v) is 8.25. The summed E-state index contributed by atoms with van der Waals surface area (Å²) in [4.78, 5) is 0. The Morgan fingerprint density at radius 2 is 1.91 bits per heavy atom. The Labute approximate surface area is 150 Å². The van der Waals surface area contributed by atoms with Crippen LogP contribution in [-0.2, 0) is 7.05 Å². The molecule has 10 heteroatoms. The van der Waals surface area contributed by atoms with E-state index in [2.05, 4.69) is 41.7 Å². The van der Waals surface area contributed by atoms with Crippen molar-refractivity contribution in [2.45, 2.75) is 10.3 Å². The lowest BCUT2D eigenvalue weighted by Crippen LogP contribution is -2.06. The third kappa shape index (κ3) is 3.55. The van der Waals surface area contributed by atoms with Crippen LogP contribution in [0.2, 0.25) is 10.0 Å². The van der Waals surface area contributed by atoms with Gasteiger partial charge in [0.15, 0.2) is 0 Å². The van der Waals surface area contributed by atoms with E-state index in [4.69, 9.17) is 23.2 Å². The Morgan fingerprint density at radius 3 is 2.45 bits per heavy atom. The lowest BCUT2D eigenvalue weighted by atomic mass is 10.1. The molecule has 0 aliphatic rings. The Balaban J connectivity index is 2.60. The van der Waals surface area contributed by atoms with Gasteiger partial charge < -0.3 is 4.74 Å². The minimum atomic E-state index is -3.07. The third-order valence-corrected chi connectivity index (χ3v) is 4.37. The molecule has 3 nitrogen and oxygen atoms in total. The quantitative estimate of drug-likeness (QED) is 0.506. The van der Waals surface area contributed by atoms with Crippen LogP contribution in [0, 0.1) is 5.82 Å². The van der Waals surface area contributed by atoms with Gasteiger partial charge >= 0.3 is 6.61 Å². The van der Waals surface area contributed by atoms with Crippen molar-refractivity contribution in [2.75, 3.05) is 0 Å². The number of ether oxygens (including phenoxy) is 1. The van der Waals surface area contributed by atoms with Gasteiger partial charge in [-0.15, -0.1) is 0 Å². The summed E-state index contributed by atoms with van der Waals surface area (Å²) in [7, 11) is 1.36. The van der Waals surface area contributed by atoms with Crippen LogP contribution in [0.4, 0.5) is 13.2 Å². The Kier molecular flexibility index (Phi) is 5.68. The smallest absolute Gasteiger partial charge is 0.388 e. The lowest BCUT2D eigenvalue weighted by molar-refractivity contribution is -0.0552. The van der Waals surface area contributed by atoms with Crippen LogP contribution in [0.15, 0.2) is 12.1 Å². The van der Waals surface area contributed by atoms with E-state index in [0.29, 0.717) is 5.56 Å².